The van der Waals surface area contributed by atoms with Crippen LogP contribution < -0.4 is 0 Å². The monoisotopic (exact) mass is 232 g/mol. The molecule has 94 valence electrons. The Balaban J connectivity index is 2.14. The quantitative estimate of drug-likeness (QED) is 0.796. The fraction of sp³-hybridized carbons (Fsp3) is 0.667. The van der Waals surface area contributed by atoms with Crippen LogP contribution in [0.1, 0.15) is 44.0 Å². The summed E-state index contributed by atoms with van der Waals surface area (Å²) in [7, 11) is 0. The predicted molar refractivity (Wildman–Crippen MR) is 72.4 cm³/mol. The molecule has 0 spiro atoms. The number of pyridine rings is 1. The van der Waals surface area contributed by atoms with Crippen molar-refractivity contribution in [1.82, 2.24) is 9.88 Å². The normalized spacial score (nSPS) is 16.9. The molecule has 1 fully saturated rings. The minimum absolute atomic E-state index is 0.151. The second kappa shape index (κ2) is 4.77. The first-order valence-electron chi connectivity index (χ1n) is 6.65. The number of hydrogen-bond acceptors (Lipinski definition) is 2. The van der Waals surface area contributed by atoms with Gasteiger partial charge in [-0.3, -0.25) is 4.98 Å². The van der Waals surface area contributed by atoms with Gasteiger partial charge >= 0.3 is 0 Å². The third-order valence-corrected chi connectivity index (χ3v) is 3.46. The van der Waals surface area contributed by atoms with E-state index in [0.29, 0.717) is 0 Å². The van der Waals surface area contributed by atoms with E-state index in [9.17, 15) is 0 Å². The van der Waals surface area contributed by atoms with Crippen LogP contribution in [0.25, 0.3) is 0 Å². The molecule has 2 heterocycles. The maximum atomic E-state index is 4.65. The van der Waals surface area contributed by atoms with Gasteiger partial charge in [0.05, 0.1) is 0 Å². The molecule has 0 N–H and O–H groups in total. The van der Waals surface area contributed by atoms with Crippen LogP contribution in [-0.4, -0.2) is 29.5 Å². The van der Waals surface area contributed by atoms with Gasteiger partial charge in [-0.05, 0) is 44.0 Å². The van der Waals surface area contributed by atoms with E-state index in [1.165, 1.54) is 42.9 Å². The Morgan fingerprint density at radius 1 is 1.29 bits per heavy atom. The third-order valence-electron chi connectivity index (χ3n) is 3.46. The topological polar surface area (TPSA) is 16.1 Å². The van der Waals surface area contributed by atoms with E-state index in [4.69, 9.17) is 0 Å². The molecule has 1 aromatic rings. The lowest BCUT2D eigenvalue weighted by atomic mass is 9.87. The number of aromatic nitrogens is 1. The standard InChI is InChI=1S/C15H24N2/c1-12-10-13(6-9-17-7-5-8-17)14(16-11-12)15(2,3)4/h10-11H,5-9H2,1-4H3. The highest BCUT2D eigenvalue weighted by Crippen LogP contribution is 2.25. The molecule has 0 aliphatic carbocycles. The molecular formula is C15H24N2. The first-order valence-corrected chi connectivity index (χ1v) is 6.65. The summed E-state index contributed by atoms with van der Waals surface area (Å²) in [5.41, 5.74) is 4.13. The van der Waals surface area contributed by atoms with Crippen LogP contribution >= 0.6 is 0 Å². The van der Waals surface area contributed by atoms with E-state index in [0.717, 1.165) is 6.42 Å². The van der Waals surface area contributed by atoms with Crippen LogP contribution in [0.3, 0.4) is 0 Å². The van der Waals surface area contributed by atoms with Gasteiger partial charge < -0.3 is 4.90 Å². The van der Waals surface area contributed by atoms with Crippen molar-refractivity contribution in [3.05, 3.63) is 29.1 Å². The summed E-state index contributed by atoms with van der Waals surface area (Å²) >= 11 is 0. The van der Waals surface area contributed by atoms with Gasteiger partial charge in [-0.2, -0.15) is 0 Å². The second-order valence-corrected chi connectivity index (χ2v) is 6.22. The maximum absolute atomic E-state index is 4.65. The molecule has 2 heteroatoms. The summed E-state index contributed by atoms with van der Waals surface area (Å²) in [4.78, 5) is 7.18. The van der Waals surface area contributed by atoms with Crippen molar-refractivity contribution in [3.8, 4) is 0 Å². The first-order chi connectivity index (χ1) is 7.97. The molecular weight excluding hydrogens is 208 g/mol. The SMILES string of the molecule is Cc1cnc(C(C)(C)C)c(CCN2CCC2)c1. The lowest BCUT2D eigenvalue weighted by Crippen LogP contribution is -2.38. The Bertz CT molecular complexity index is 386. The largest absolute Gasteiger partial charge is 0.303 e. The zero-order valence-electron chi connectivity index (χ0n) is 11.6. The van der Waals surface area contributed by atoms with Crippen molar-refractivity contribution in [2.75, 3.05) is 19.6 Å². The highest BCUT2D eigenvalue weighted by molar-refractivity contribution is 5.29. The molecule has 1 saturated heterocycles. The van der Waals surface area contributed by atoms with E-state index in [1.54, 1.807) is 0 Å². The van der Waals surface area contributed by atoms with E-state index in [1.807, 2.05) is 6.20 Å². The zero-order valence-corrected chi connectivity index (χ0v) is 11.6. The predicted octanol–water partition coefficient (Wildman–Crippen LogP) is 2.94. The number of nitrogens with zero attached hydrogens (tertiary/aromatic N) is 2. The third kappa shape index (κ3) is 3.06. The second-order valence-electron chi connectivity index (χ2n) is 6.22. The van der Waals surface area contributed by atoms with E-state index in [2.05, 4.69) is 43.6 Å². The molecule has 0 aromatic carbocycles. The molecule has 2 nitrogen and oxygen atoms in total. The molecule has 0 amide bonds. The van der Waals surface area contributed by atoms with Gasteiger partial charge in [0, 0.05) is 23.9 Å². The summed E-state index contributed by atoms with van der Waals surface area (Å²) in [5.74, 6) is 0. The van der Waals surface area contributed by atoms with E-state index >= 15 is 0 Å². The molecule has 0 radical (unpaired) electrons. The Labute approximate surface area is 105 Å². The smallest absolute Gasteiger partial charge is 0.0489 e. The summed E-state index contributed by atoms with van der Waals surface area (Å²) in [6.07, 6.45) is 4.51. The van der Waals surface area contributed by atoms with Crippen molar-refractivity contribution in [1.29, 1.82) is 0 Å². The van der Waals surface area contributed by atoms with E-state index < -0.39 is 0 Å². The van der Waals surface area contributed by atoms with Crippen molar-refractivity contribution < 1.29 is 0 Å². The van der Waals surface area contributed by atoms with Crippen molar-refractivity contribution in [3.63, 3.8) is 0 Å². The maximum Gasteiger partial charge on any atom is 0.0489 e. The molecule has 0 saturated carbocycles. The van der Waals surface area contributed by atoms with Crippen molar-refractivity contribution in [2.24, 2.45) is 0 Å². The summed E-state index contributed by atoms with van der Waals surface area (Å²) in [5, 5.41) is 0. The van der Waals surface area contributed by atoms with Crippen LogP contribution in [0.4, 0.5) is 0 Å². The van der Waals surface area contributed by atoms with Crippen LogP contribution in [0.2, 0.25) is 0 Å². The average molecular weight is 232 g/mol. The summed E-state index contributed by atoms with van der Waals surface area (Å²) < 4.78 is 0. The summed E-state index contributed by atoms with van der Waals surface area (Å²) in [6, 6.07) is 2.31. The number of hydrogen-bond donors (Lipinski definition) is 0. The zero-order chi connectivity index (χ0) is 12.5. The van der Waals surface area contributed by atoms with Gasteiger partial charge in [0.1, 0.15) is 0 Å². The lowest BCUT2D eigenvalue weighted by molar-refractivity contribution is 0.183. The van der Waals surface area contributed by atoms with Gasteiger partial charge in [-0.25, -0.2) is 0 Å². The van der Waals surface area contributed by atoms with Crippen molar-refractivity contribution >= 4 is 0 Å². The van der Waals surface area contributed by atoms with Gasteiger partial charge in [0.2, 0.25) is 0 Å². The molecule has 0 unspecified atom stereocenters. The van der Waals surface area contributed by atoms with Crippen LogP contribution in [0.5, 0.6) is 0 Å². The minimum Gasteiger partial charge on any atom is -0.303 e. The fourth-order valence-electron chi connectivity index (χ4n) is 2.38. The van der Waals surface area contributed by atoms with Gasteiger partial charge in [0.15, 0.2) is 0 Å². The molecule has 1 aromatic heterocycles. The Kier molecular flexibility index (Phi) is 3.53. The molecule has 0 atom stereocenters. The Hall–Kier alpha value is -0.890. The number of aryl methyl sites for hydroxylation is 1. The Morgan fingerprint density at radius 3 is 2.53 bits per heavy atom. The van der Waals surface area contributed by atoms with Crippen LogP contribution in [0.15, 0.2) is 12.3 Å². The number of likely N-dealkylation sites (tertiary alicyclic amines) is 1. The highest BCUT2D eigenvalue weighted by atomic mass is 15.2. The molecule has 1 aliphatic heterocycles. The van der Waals surface area contributed by atoms with Crippen LogP contribution in [0, 0.1) is 6.92 Å². The highest BCUT2D eigenvalue weighted by Gasteiger charge is 2.21. The van der Waals surface area contributed by atoms with Gasteiger partial charge in [0.25, 0.3) is 0 Å². The molecule has 17 heavy (non-hydrogen) atoms. The molecule has 2 rings (SSSR count). The molecule has 1 aliphatic rings. The van der Waals surface area contributed by atoms with Crippen LogP contribution in [-0.2, 0) is 11.8 Å². The fourth-order valence-corrected chi connectivity index (χ4v) is 2.38. The average Bonchev–Trinajstić information content (AvgIpc) is 2.13. The van der Waals surface area contributed by atoms with Gasteiger partial charge in [-0.1, -0.05) is 26.8 Å². The Morgan fingerprint density at radius 2 is 2.00 bits per heavy atom. The number of rotatable bonds is 3. The lowest BCUT2D eigenvalue weighted by Gasteiger charge is -2.31. The van der Waals surface area contributed by atoms with Crippen molar-refractivity contribution in [2.45, 2.75) is 46.0 Å². The molecule has 0 bridgehead atoms. The van der Waals surface area contributed by atoms with E-state index in [-0.39, 0.29) is 5.41 Å². The minimum atomic E-state index is 0.151. The van der Waals surface area contributed by atoms with Gasteiger partial charge in [-0.15, -0.1) is 0 Å². The first kappa shape index (κ1) is 12.6. The summed E-state index contributed by atoms with van der Waals surface area (Å²) in [6.45, 7) is 12.6.